The zero-order chi connectivity index (χ0) is 31.5. The number of hydrogen-bond acceptors (Lipinski definition) is 11. The standard InChI is InChI=1S/C30H35N7O6S/c1-5-43-27-20-31-19-24(34-27)22-8-11-26(33-18-22)36-28(38)30(2,14-17-41-3)25-12-15-32-29(35-25)37(44(39)40)16-13-21-6-9-23(42-4)10-7-21/h6-12,15,18-20H,5,13-14,16-17H2,1-4H3,(H,39,40)(H,33,36,38)/p-1. The molecule has 0 radical (unpaired) electrons. The molecule has 1 amide bonds. The Morgan fingerprint density at radius 2 is 1.84 bits per heavy atom. The van der Waals surface area contributed by atoms with E-state index in [-0.39, 0.29) is 25.5 Å². The molecule has 1 aromatic carbocycles. The summed E-state index contributed by atoms with van der Waals surface area (Å²) in [6.07, 6.45) is 6.82. The number of anilines is 2. The number of hydrogen-bond donors (Lipinski definition) is 1. The molecule has 4 aromatic rings. The first-order valence-corrected chi connectivity index (χ1v) is 14.9. The Balaban J connectivity index is 1.54. The number of nitrogens with zero attached hydrogens (tertiary/aromatic N) is 6. The van der Waals surface area contributed by atoms with E-state index >= 15 is 0 Å². The van der Waals surface area contributed by atoms with Crippen molar-refractivity contribution in [2.45, 2.75) is 32.1 Å². The van der Waals surface area contributed by atoms with E-state index in [0.29, 0.717) is 47.4 Å². The molecule has 1 N–H and O–H groups in total. The van der Waals surface area contributed by atoms with Crippen LogP contribution in [0.2, 0.25) is 0 Å². The van der Waals surface area contributed by atoms with Gasteiger partial charge in [-0.3, -0.25) is 18.3 Å². The fourth-order valence-corrected chi connectivity index (χ4v) is 4.74. The molecule has 44 heavy (non-hydrogen) atoms. The van der Waals surface area contributed by atoms with Crippen LogP contribution >= 0.6 is 0 Å². The average Bonchev–Trinajstić information content (AvgIpc) is 3.04. The summed E-state index contributed by atoms with van der Waals surface area (Å²) < 4.78 is 41.4. The lowest BCUT2D eigenvalue weighted by Crippen LogP contribution is -2.40. The van der Waals surface area contributed by atoms with Gasteiger partial charge in [0.2, 0.25) is 17.7 Å². The van der Waals surface area contributed by atoms with Gasteiger partial charge in [0.1, 0.15) is 11.6 Å². The predicted molar refractivity (Wildman–Crippen MR) is 164 cm³/mol. The van der Waals surface area contributed by atoms with Gasteiger partial charge in [-0.15, -0.1) is 0 Å². The number of benzene rings is 1. The molecule has 4 rings (SSSR count). The zero-order valence-electron chi connectivity index (χ0n) is 24.9. The van der Waals surface area contributed by atoms with E-state index < -0.39 is 22.6 Å². The summed E-state index contributed by atoms with van der Waals surface area (Å²) in [5.41, 5.74) is 1.30. The molecule has 13 nitrogen and oxygen atoms in total. The SMILES string of the molecule is CCOc1cncc(-c2ccc(NC(=O)C(C)(CCOC)c3ccnc(N(CCc4ccc(OC)cc4)S(=O)[O-])n3)nc2)n1. The molecule has 0 bridgehead atoms. The molecule has 0 saturated carbocycles. The molecule has 2 atom stereocenters. The van der Waals surface area contributed by atoms with Gasteiger partial charge in [0.15, 0.2) is 0 Å². The molecular weight excluding hydrogens is 586 g/mol. The van der Waals surface area contributed by atoms with Gasteiger partial charge in [0, 0.05) is 49.5 Å². The Morgan fingerprint density at radius 1 is 1.05 bits per heavy atom. The quantitative estimate of drug-likeness (QED) is 0.193. The number of aromatic nitrogens is 5. The van der Waals surface area contributed by atoms with E-state index in [9.17, 15) is 13.6 Å². The molecule has 0 aliphatic rings. The lowest BCUT2D eigenvalue weighted by molar-refractivity contribution is -0.121. The maximum Gasteiger partial charge on any atom is 0.237 e. The predicted octanol–water partition coefficient (Wildman–Crippen LogP) is 3.51. The Kier molecular flexibility index (Phi) is 11.2. The van der Waals surface area contributed by atoms with Crippen LogP contribution in [-0.4, -0.2) is 73.6 Å². The second-order valence-corrected chi connectivity index (χ2v) is 10.7. The van der Waals surface area contributed by atoms with Crippen molar-refractivity contribution in [3.63, 3.8) is 0 Å². The van der Waals surface area contributed by atoms with Crippen molar-refractivity contribution in [1.29, 1.82) is 0 Å². The molecule has 3 aromatic heterocycles. The van der Waals surface area contributed by atoms with E-state index in [2.05, 4.69) is 30.2 Å². The first-order valence-electron chi connectivity index (χ1n) is 13.8. The molecule has 232 valence electrons. The van der Waals surface area contributed by atoms with Crippen LogP contribution in [0.4, 0.5) is 11.8 Å². The second-order valence-electron chi connectivity index (χ2n) is 9.80. The molecule has 3 heterocycles. The molecule has 14 heteroatoms. The fourth-order valence-electron chi connectivity index (χ4n) is 4.28. The van der Waals surface area contributed by atoms with Gasteiger partial charge in [-0.25, -0.2) is 19.9 Å². The summed E-state index contributed by atoms with van der Waals surface area (Å²) in [5.74, 6) is 0.979. The van der Waals surface area contributed by atoms with Crippen molar-refractivity contribution in [2.75, 3.05) is 43.6 Å². The maximum atomic E-state index is 13.7. The average molecular weight is 621 g/mol. The van der Waals surface area contributed by atoms with Gasteiger partial charge >= 0.3 is 0 Å². The van der Waals surface area contributed by atoms with Gasteiger partial charge in [0.25, 0.3) is 0 Å². The summed E-state index contributed by atoms with van der Waals surface area (Å²) in [4.78, 5) is 35.4. The van der Waals surface area contributed by atoms with Gasteiger partial charge in [-0.2, -0.15) is 0 Å². The number of carbonyl (C=O) groups excluding carboxylic acids is 1. The highest BCUT2D eigenvalue weighted by atomic mass is 32.2. The summed E-state index contributed by atoms with van der Waals surface area (Å²) in [7, 11) is 3.11. The molecule has 2 unspecified atom stereocenters. The van der Waals surface area contributed by atoms with E-state index in [4.69, 9.17) is 14.2 Å². The van der Waals surface area contributed by atoms with Crippen LogP contribution in [0, 0.1) is 0 Å². The monoisotopic (exact) mass is 620 g/mol. The first-order chi connectivity index (χ1) is 21.3. The molecule has 0 fully saturated rings. The van der Waals surface area contributed by atoms with Crippen molar-refractivity contribution >= 4 is 28.9 Å². The van der Waals surface area contributed by atoms with Crippen LogP contribution in [0.3, 0.4) is 0 Å². The highest BCUT2D eigenvalue weighted by Crippen LogP contribution is 2.30. The topological polar surface area (TPSA) is 165 Å². The minimum atomic E-state index is -2.66. The van der Waals surface area contributed by atoms with Crippen LogP contribution < -0.4 is 19.1 Å². The first kappa shape index (κ1) is 32.4. The van der Waals surface area contributed by atoms with Crippen LogP contribution in [0.1, 0.15) is 31.5 Å². The molecule has 0 spiro atoms. The Morgan fingerprint density at radius 3 is 2.50 bits per heavy atom. The lowest BCUT2D eigenvalue weighted by Gasteiger charge is -2.29. The normalized spacial score (nSPS) is 13.0. The summed E-state index contributed by atoms with van der Waals surface area (Å²) >= 11 is -2.66. The third-order valence-electron chi connectivity index (χ3n) is 6.89. The number of ether oxygens (including phenoxy) is 3. The number of methoxy groups -OCH3 is 2. The summed E-state index contributed by atoms with van der Waals surface area (Å²) in [6.45, 7) is 4.39. The maximum absolute atomic E-state index is 13.7. The Labute approximate surface area is 258 Å². The Bertz CT molecular complexity index is 1560. The van der Waals surface area contributed by atoms with E-state index in [1.54, 1.807) is 56.8 Å². The number of nitrogens with one attached hydrogen (secondary N) is 1. The highest BCUT2D eigenvalue weighted by molar-refractivity contribution is 7.80. The molecule has 0 saturated heterocycles. The van der Waals surface area contributed by atoms with Crippen molar-refractivity contribution in [2.24, 2.45) is 0 Å². The summed E-state index contributed by atoms with van der Waals surface area (Å²) in [5, 5.41) is 2.86. The van der Waals surface area contributed by atoms with E-state index in [1.165, 1.54) is 19.5 Å². The smallest absolute Gasteiger partial charge is 0.237 e. The van der Waals surface area contributed by atoms with Crippen LogP contribution in [0.15, 0.2) is 67.3 Å². The highest BCUT2D eigenvalue weighted by Gasteiger charge is 2.37. The van der Waals surface area contributed by atoms with Crippen molar-refractivity contribution in [3.8, 4) is 22.9 Å². The van der Waals surface area contributed by atoms with Gasteiger partial charge < -0.3 is 24.1 Å². The van der Waals surface area contributed by atoms with Crippen LogP contribution in [0.25, 0.3) is 11.3 Å². The van der Waals surface area contributed by atoms with Gasteiger partial charge in [0.05, 0.1) is 42.9 Å². The number of carbonyl (C=O) groups is 1. The molecule has 0 aliphatic heterocycles. The minimum absolute atomic E-state index is 0.0429. The van der Waals surface area contributed by atoms with Crippen molar-refractivity contribution in [3.05, 3.63) is 78.5 Å². The van der Waals surface area contributed by atoms with E-state index in [1.807, 2.05) is 19.1 Å². The number of amides is 1. The third-order valence-corrected chi connectivity index (χ3v) is 7.59. The van der Waals surface area contributed by atoms with Crippen molar-refractivity contribution in [1.82, 2.24) is 24.9 Å². The summed E-state index contributed by atoms with van der Waals surface area (Å²) in [6, 6.07) is 12.4. The van der Waals surface area contributed by atoms with Gasteiger partial charge in [-0.05, 0) is 62.6 Å². The minimum Gasteiger partial charge on any atom is -0.755 e. The van der Waals surface area contributed by atoms with Gasteiger partial charge in [-0.1, -0.05) is 12.1 Å². The second kappa shape index (κ2) is 15.3. The van der Waals surface area contributed by atoms with Crippen LogP contribution in [-0.2, 0) is 32.6 Å². The lowest BCUT2D eigenvalue weighted by atomic mass is 9.82. The number of rotatable bonds is 15. The molecule has 0 aliphatic carbocycles. The van der Waals surface area contributed by atoms with Crippen molar-refractivity contribution < 1.29 is 27.8 Å². The number of pyridine rings is 1. The third kappa shape index (κ3) is 8.09. The zero-order valence-corrected chi connectivity index (χ0v) is 25.7. The van der Waals surface area contributed by atoms with Crippen LogP contribution in [0.5, 0.6) is 11.6 Å². The Hall–Kier alpha value is -4.53. The van der Waals surface area contributed by atoms with E-state index in [0.717, 1.165) is 9.87 Å². The largest absolute Gasteiger partial charge is 0.755 e. The fraction of sp³-hybridized carbons (Fsp3) is 0.333. The molecular formula is C30H34N7O6S-.